The van der Waals surface area contributed by atoms with Gasteiger partial charge in [0.05, 0.1) is 12.0 Å². The summed E-state index contributed by atoms with van der Waals surface area (Å²) in [4.78, 5) is 35.5. The largest absolute Gasteiger partial charge is 0.516 e. The minimum Gasteiger partial charge on any atom is -0.428 e. The Hall–Kier alpha value is -2.41. The maximum Gasteiger partial charge on any atom is 0.516 e. The Morgan fingerprint density at radius 3 is 2.46 bits per heavy atom. The van der Waals surface area contributed by atoms with Crippen molar-refractivity contribution in [2.45, 2.75) is 44.9 Å². The third-order valence-corrected chi connectivity index (χ3v) is 3.52. The van der Waals surface area contributed by atoms with E-state index >= 15 is 0 Å². The van der Waals surface area contributed by atoms with E-state index in [1.165, 1.54) is 0 Å². The first-order valence-electron chi connectivity index (χ1n) is 7.65. The number of nitrogens with one attached hydrogen (secondary N) is 1. The zero-order valence-corrected chi connectivity index (χ0v) is 13.8. The van der Waals surface area contributed by atoms with Gasteiger partial charge in [0.15, 0.2) is 0 Å². The molecule has 1 aliphatic heterocycles. The van der Waals surface area contributed by atoms with Gasteiger partial charge in [-0.25, -0.2) is 9.59 Å². The first-order chi connectivity index (χ1) is 11.2. The van der Waals surface area contributed by atoms with Crippen LogP contribution >= 0.6 is 0 Å². The normalized spacial score (nSPS) is 21.8. The predicted molar refractivity (Wildman–Crippen MR) is 83.8 cm³/mol. The van der Waals surface area contributed by atoms with E-state index in [4.69, 9.17) is 4.74 Å². The molecule has 130 valence electrons. The van der Waals surface area contributed by atoms with Crippen LogP contribution in [0, 0.1) is 5.92 Å². The minimum atomic E-state index is -1.12. The van der Waals surface area contributed by atoms with Gasteiger partial charge in [-0.2, -0.15) is 0 Å². The summed E-state index contributed by atoms with van der Waals surface area (Å²) in [5.41, 5.74) is -0.207. The van der Waals surface area contributed by atoms with Crippen LogP contribution in [0.2, 0.25) is 0 Å². The first kappa shape index (κ1) is 17.9. The van der Waals surface area contributed by atoms with Crippen molar-refractivity contribution in [3.63, 3.8) is 0 Å². The van der Waals surface area contributed by atoms with E-state index < -0.39 is 41.7 Å². The summed E-state index contributed by atoms with van der Waals surface area (Å²) in [7, 11) is 0. The molecule has 1 saturated heterocycles. The van der Waals surface area contributed by atoms with Crippen molar-refractivity contribution in [3.05, 3.63) is 35.9 Å². The number of carbonyl (C=O) groups excluding carboxylic acids is 3. The van der Waals surface area contributed by atoms with Crippen molar-refractivity contribution in [3.8, 4) is 0 Å². The smallest absolute Gasteiger partial charge is 0.428 e. The molecule has 1 fully saturated rings. The Morgan fingerprint density at radius 2 is 1.88 bits per heavy atom. The summed E-state index contributed by atoms with van der Waals surface area (Å²) in [5.74, 6) is -2.15. The summed E-state index contributed by atoms with van der Waals surface area (Å²) in [6, 6.07) is 7.70. The van der Waals surface area contributed by atoms with E-state index in [1.54, 1.807) is 51.1 Å². The van der Waals surface area contributed by atoms with E-state index in [2.05, 4.69) is 10.1 Å². The predicted octanol–water partition coefficient (Wildman–Crippen LogP) is 1.70. The van der Waals surface area contributed by atoms with Gasteiger partial charge in [0, 0.05) is 0 Å². The molecule has 0 radical (unpaired) electrons. The molecule has 1 amide bonds. The number of amides is 1. The lowest BCUT2D eigenvalue weighted by molar-refractivity contribution is -0.144. The van der Waals surface area contributed by atoms with Crippen LogP contribution in [0.5, 0.6) is 0 Å². The van der Waals surface area contributed by atoms with Crippen LogP contribution in [0.15, 0.2) is 30.3 Å². The van der Waals surface area contributed by atoms with Crippen LogP contribution in [0.1, 0.15) is 38.9 Å². The fraction of sp³-hybridized carbons (Fsp3) is 0.471. The topological polar surface area (TPSA) is 102 Å². The highest BCUT2D eigenvalue weighted by Crippen LogP contribution is 2.30. The maximum atomic E-state index is 12.0. The molecule has 0 spiro atoms. The molecular formula is C17H21NO6. The van der Waals surface area contributed by atoms with E-state index in [1.807, 2.05) is 0 Å². The van der Waals surface area contributed by atoms with Gasteiger partial charge in [0.25, 0.3) is 0 Å². The Bertz CT molecular complexity index is 622. The first-order valence-corrected chi connectivity index (χ1v) is 7.65. The number of esters is 1. The molecule has 1 aromatic carbocycles. The molecule has 0 saturated carbocycles. The van der Waals surface area contributed by atoms with Gasteiger partial charge in [0.2, 0.25) is 5.91 Å². The molecule has 0 aromatic heterocycles. The third-order valence-electron chi connectivity index (χ3n) is 3.52. The van der Waals surface area contributed by atoms with Gasteiger partial charge in [-0.05, 0) is 32.8 Å². The molecule has 3 atom stereocenters. The van der Waals surface area contributed by atoms with Gasteiger partial charge >= 0.3 is 12.1 Å². The van der Waals surface area contributed by atoms with E-state index in [0.717, 1.165) is 0 Å². The van der Waals surface area contributed by atoms with Crippen LogP contribution < -0.4 is 5.32 Å². The van der Waals surface area contributed by atoms with E-state index in [9.17, 15) is 19.5 Å². The molecule has 24 heavy (non-hydrogen) atoms. The van der Waals surface area contributed by atoms with Crippen molar-refractivity contribution >= 4 is 18.0 Å². The molecule has 7 nitrogen and oxygen atoms in total. The lowest BCUT2D eigenvalue weighted by Crippen LogP contribution is -2.37. The van der Waals surface area contributed by atoms with Crippen molar-refractivity contribution in [2.75, 3.05) is 0 Å². The lowest BCUT2D eigenvalue weighted by atomic mass is 9.93. The molecule has 2 unspecified atom stereocenters. The van der Waals surface area contributed by atoms with Crippen molar-refractivity contribution in [1.82, 2.24) is 5.32 Å². The second-order valence-electron chi connectivity index (χ2n) is 6.64. The molecule has 7 heteroatoms. The Balaban J connectivity index is 1.96. The molecule has 0 bridgehead atoms. The summed E-state index contributed by atoms with van der Waals surface area (Å²) in [6.07, 6.45) is -2.12. The number of rotatable bonds is 3. The van der Waals surface area contributed by atoms with Gasteiger partial charge in [0.1, 0.15) is 11.6 Å². The zero-order chi connectivity index (χ0) is 17.9. The Labute approximate surface area is 139 Å². The molecular weight excluding hydrogens is 314 g/mol. The summed E-state index contributed by atoms with van der Waals surface area (Å²) in [6.45, 7) is 4.92. The van der Waals surface area contributed by atoms with Crippen molar-refractivity contribution in [2.24, 2.45) is 5.92 Å². The second kappa shape index (κ2) is 7.00. The molecule has 1 heterocycles. The summed E-state index contributed by atoms with van der Waals surface area (Å²) >= 11 is 0. The SMILES string of the molecule is CC(C)(C)OC(=O)OC(=O)[C@@H]1CC(C(O)c2ccccc2)C(=O)N1. The highest BCUT2D eigenvalue weighted by molar-refractivity contribution is 5.93. The molecule has 1 aromatic rings. The van der Waals surface area contributed by atoms with Crippen LogP contribution in [-0.4, -0.2) is 34.8 Å². The van der Waals surface area contributed by atoms with Gasteiger partial charge in [-0.15, -0.1) is 0 Å². The fourth-order valence-corrected chi connectivity index (χ4v) is 2.43. The minimum absolute atomic E-state index is 0.0382. The van der Waals surface area contributed by atoms with Gasteiger partial charge < -0.3 is 19.9 Å². The van der Waals surface area contributed by atoms with Gasteiger partial charge in [-0.3, -0.25) is 4.79 Å². The molecule has 1 aliphatic rings. The number of aliphatic hydroxyl groups is 1. The summed E-state index contributed by atoms with van der Waals surface area (Å²) < 4.78 is 9.49. The Morgan fingerprint density at radius 1 is 1.25 bits per heavy atom. The van der Waals surface area contributed by atoms with Crippen LogP contribution in [0.4, 0.5) is 4.79 Å². The zero-order valence-electron chi connectivity index (χ0n) is 13.8. The number of ether oxygens (including phenoxy) is 2. The third kappa shape index (κ3) is 4.55. The van der Waals surface area contributed by atoms with Crippen LogP contribution in [0.25, 0.3) is 0 Å². The molecule has 0 aliphatic carbocycles. The van der Waals surface area contributed by atoms with Crippen LogP contribution in [-0.2, 0) is 19.1 Å². The van der Waals surface area contributed by atoms with Crippen molar-refractivity contribution in [1.29, 1.82) is 0 Å². The second-order valence-corrected chi connectivity index (χ2v) is 6.64. The maximum absolute atomic E-state index is 12.0. The summed E-state index contributed by atoms with van der Waals surface area (Å²) in [5, 5.41) is 12.8. The number of hydrogen-bond acceptors (Lipinski definition) is 6. The number of benzene rings is 1. The standard InChI is InChI=1S/C17H21NO6/c1-17(2,3)24-16(22)23-15(21)12-9-11(14(20)18-12)13(19)10-7-5-4-6-8-10/h4-8,11-13,19H,9H2,1-3H3,(H,18,20)/t11?,12-,13?/m0/s1. The average molecular weight is 335 g/mol. The van der Waals surface area contributed by atoms with E-state index in [-0.39, 0.29) is 6.42 Å². The number of hydrogen-bond donors (Lipinski definition) is 2. The fourth-order valence-electron chi connectivity index (χ4n) is 2.43. The average Bonchev–Trinajstić information content (AvgIpc) is 2.87. The van der Waals surface area contributed by atoms with E-state index in [0.29, 0.717) is 5.56 Å². The quantitative estimate of drug-likeness (QED) is 0.644. The molecule has 2 rings (SSSR count). The number of aliphatic hydroxyl groups excluding tert-OH is 1. The van der Waals surface area contributed by atoms with Gasteiger partial charge in [-0.1, -0.05) is 30.3 Å². The van der Waals surface area contributed by atoms with Crippen LogP contribution in [0.3, 0.4) is 0 Å². The monoisotopic (exact) mass is 335 g/mol. The Kier molecular flexibility index (Phi) is 5.23. The molecule has 2 N–H and O–H groups in total. The number of carbonyl (C=O) groups is 3. The highest BCUT2D eigenvalue weighted by atomic mass is 16.7. The highest BCUT2D eigenvalue weighted by Gasteiger charge is 2.42. The van der Waals surface area contributed by atoms with Crippen molar-refractivity contribution < 1.29 is 29.0 Å². The lowest BCUT2D eigenvalue weighted by Gasteiger charge is -2.19.